The van der Waals surface area contributed by atoms with Crippen LogP contribution in [-0.4, -0.2) is 14.5 Å². The molecule has 0 atom stereocenters. The monoisotopic (exact) mass is 513 g/mol. The average molecular weight is 514 g/mol. The second kappa shape index (κ2) is 8.75. The molecule has 3 nitrogen and oxygen atoms in total. The highest BCUT2D eigenvalue weighted by Crippen LogP contribution is 2.39. The molecule has 0 saturated carbocycles. The van der Waals surface area contributed by atoms with Crippen molar-refractivity contribution in [1.82, 2.24) is 14.5 Å². The van der Waals surface area contributed by atoms with Crippen molar-refractivity contribution < 1.29 is 0 Å². The van der Waals surface area contributed by atoms with Crippen molar-refractivity contribution in [2.24, 2.45) is 0 Å². The van der Waals surface area contributed by atoms with Crippen LogP contribution in [0.3, 0.4) is 0 Å². The standard InChI is InChI=1S/C37H27N3/c1-3-24-22-38-37(40-34-18-10-8-16-29(34)30-17-9-11-19-35(30)40)39-36(24)31-21-33-28-15-7-5-13-26(28)25-12-4-6-14-27(25)32(33)20-23(31)2/h4-22H,3H2,1-2H3. The lowest BCUT2D eigenvalue weighted by Gasteiger charge is -2.16. The lowest BCUT2D eigenvalue weighted by molar-refractivity contribution is 0.959. The van der Waals surface area contributed by atoms with Crippen LogP contribution in [-0.2, 0) is 6.42 Å². The third-order valence-electron chi connectivity index (χ3n) is 8.36. The van der Waals surface area contributed by atoms with Crippen LogP contribution < -0.4 is 0 Å². The molecule has 40 heavy (non-hydrogen) atoms. The molecule has 0 fully saturated rings. The van der Waals surface area contributed by atoms with E-state index in [0.29, 0.717) is 5.95 Å². The predicted molar refractivity (Wildman–Crippen MR) is 168 cm³/mol. The maximum atomic E-state index is 5.32. The van der Waals surface area contributed by atoms with Gasteiger partial charge in [0.05, 0.1) is 16.7 Å². The SMILES string of the molecule is CCc1cnc(-n2c3ccccc3c3ccccc32)nc1-c1cc2c3ccccc3c3ccccc3c2cc1C. The minimum absolute atomic E-state index is 0.701. The molecular formula is C37H27N3. The van der Waals surface area contributed by atoms with Gasteiger partial charge in [0.2, 0.25) is 5.95 Å². The van der Waals surface area contributed by atoms with Gasteiger partial charge in [0.25, 0.3) is 0 Å². The molecule has 0 radical (unpaired) electrons. The fraction of sp³-hybridized carbons (Fsp3) is 0.0811. The Bertz CT molecular complexity index is 2220. The number of hydrogen-bond donors (Lipinski definition) is 0. The van der Waals surface area contributed by atoms with Crippen LogP contribution >= 0.6 is 0 Å². The third-order valence-corrected chi connectivity index (χ3v) is 8.36. The van der Waals surface area contributed by atoms with E-state index in [0.717, 1.165) is 34.3 Å². The van der Waals surface area contributed by atoms with Crippen molar-refractivity contribution in [2.75, 3.05) is 0 Å². The van der Waals surface area contributed by atoms with Crippen LogP contribution in [0.5, 0.6) is 0 Å². The second-order valence-electron chi connectivity index (χ2n) is 10.6. The number of fused-ring (bicyclic) bond motifs is 9. The van der Waals surface area contributed by atoms with E-state index in [1.165, 1.54) is 48.7 Å². The minimum Gasteiger partial charge on any atom is -0.278 e. The first-order valence-corrected chi connectivity index (χ1v) is 13.9. The molecule has 0 aliphatic carbocycles. The number of hydrogen-bond acceptors (Lipinski definition) is 2. The Morgan fingerprint density at radius 3 is 1.60 bits per heavy atom. The van der Waals surface area contributed by atoms with E-state index in [1.54, 1.807) is 0 Å². The zero-order valence-electron chi connectivity index (χ0n) is 22.5. The first kappa shape index (κ1) is 22.9. The maximum Gasteiger partial charge on any atom is 0.235 e. The van der Waals surface area contributed by atoms with E-state index >= 15 is 0 Å². The van der Waals surface area contributed by atoms with Crippen LogP contribution in [0.25, 0.3) is 71.3 Å². The Morgan fingerprint density at radius 1 is 0.575 bits per heavy atom. The first-order valence-electron chi connectivity index (χ1n) is 13.9. The normalized spacial score (nSPS) is 11.8. The van der Waals surface area contributed by atoms with Gasteiger partial charge in [-0.05, 0) is 75.0 Å². The van der Waals surface area contributed by atoms with Gasteiger partial charge in [-0.2, -0.15) is 0 Å². The van der Waals surface area contributed by atoms with Crippen molar-refractivity contribution in [3.8, 4) is 17.2 Å². The molecule has 6 aromatic carbocycles. The first-order chi connectivity index (χ1) is 19.7. The van der Waals surface area contributed by atoms with Crippen LogP contribution in [0, 0.1) is 6.92 Å². The van der Waals surface area contributed by atoms with Crippen molar-refractivity contribution in [1.29, 1.82) is 0 Å². The van der Waals surface area contributed by atoms with Crippen molar-refractivity contribution in [3.05, 3.63) is 127 Å². The summed E-state index contributed by atoms with van der Waals surface area (Å²) < 4.78 is 2.20. The molecule has 0 spiro atoms. The Kier molecular flexibility index (Phi) is 5.02. The molecule has 0 aliphatic heterocycles. The van der Waals surface area contributed by atoms with Gasteiger partial charge >= 0.3 is 0 Å². The number of para-hydroxylation sites is 2. The summed E-state index contributed by atoms with van der Waals surface area (Å²) in [5.41, 5.74) is 6.77. The highest BCUT2D eigenvalue weighted by atomic mass is 15.2. The number of aryl methyl sites for hydroxylation is 2. The van der Waals surface area contributed by atoms with Crippen molar-refractivity contribution >= 4 is 54.1 Å². The summed E-state index contributed by atoms with van der Waals surface area (Å²) >= 11 is 0. The highest BCUT2D eigenvalue weighted by molar-refractivity contribution is 6.26. The summed E-state index contributed by atoms with van der Waals surface area (Å²) in [7, 11) is 0. The van der Waals surface area contributed by atoms with Gasteiger partial charge < -0.3 is 0 Å². The summed E-state index contributed by atoms with van der Waals surface area (Å²) in [6.07, 6.45) is 2.88. The lowest BCUT2D eigenvalue weighted by atomic mass is 9.90. The number of rotatable bonds is 3. The Labute approximate surface area is 232 Å². The van der Waals surface area contributed by atoms with Gasteiger partial charge in [-0.15, -0.1) is 0 Å². The smallest absolute Gasteiger partial charge is 0.235 e. The molecule has 0 unspecified atom stereocenters. The quantitative estimate of drug-likeness (QED) is 0.220. The van der Waals surface area contributed by atoms with Crippen LogP contribution in [0.2, 0.25) is 0 Å². The van der Waals surface area contributed by atoms with Gasteiger partial charge in [-0.25, -0.2) is 9.97 Å². The third kappa shape index (κ3) is 3.24. The van der Waals surface area contributed by atoms with E-state index < -0.39 is 0 Å². The summed E-state index contributed by atoms with van der Waals surface area (Å²) in [5.74, 6) is 0.701. The van der Waals surface area contributed by atoms with Gasteiger partial charge in [0.15, 0.2) is 0 Å². The van der Waals surface area contributed by atoms with E-state index in [4.69, 9.17) is 9.97 Å². The number of nitrogens with zero attached hydrogens (tertiary/aromatic N) is 3. The zero-order chi connectivity index (χ0) is 26.8. The highest BCUT2D eigenvalue weighted by Gasteiger charge is 2.18. The van der Waals surface area contributed by atoms with E-state index in [2.05, 4.69) is 128 Å². The molecule has 2 aromatic heterocycles. The summed E-state index contributed by atoms with van der Waals surface area (Å²) in [4.78, 5) is 10.2. The molecule has 0 bridgehead atoms. The Hall–Kier alpha value is -5.02. The van der Waals surface area contributed by atoms with E-state index in [1.807, 2.05) is 6.20 Å². The molecule has 0 amide bonds. The second-order valence-corrected chi connectivity index (χ2v) is 10.6. The van der Waals surface area contributed by atoms with Crippen molar-refractivity contribution in [3.63, 3.8) is 0 Å². The maximum absolute atomic E-state index is 5.32. The molecule has 8 aromatic rings. The van der Waals surface area contributed by atoms with Crippen LogP contribution in [0.4, 0.5) is 0 Å². The molecule has 0 N–H and O–H groups in total. The lowest BCUT2D eigenvalue weighted by Crippen LogP contribution is -2.05. The van der Waals surface area contributed by atoms with Gasteiger partial charge in [-0.1, -0.05) is 97.9 Å². The molecular weight excluding hydrogens is 486 g/mol. The summed E-state index contributed by atoms with van der Waals surface area (Å²) in [5, 5.41) is 10.1. The molecule has 0 saturated heterocycles. The van der Waals surface area contributed by atoms with Crippen molar-refractivity contribution in [2.45, 2.75) is 20.3 Å². The Morgan fingerprint density at radius 2 is 1.05 bits per heavy atom. The minimum atomic E-state index is 0.701. The number of aromatic nitrogens is 3. The summed E-state index contributed by atoms with van der Waals surface area (Å²) in [6, 6.07) is 39.2. The van der Waals surface area contributed by atoms with Gasteiger partial charge in [-0.3, -0.25) is 4.57 Å². The van der Waals surface area contributed by atoms with Crippen LogP contribution in [0.1, 0.15) is 18.1 Å². The molecule has 0 aliphatic rings. The van der Waals surface area contributed by atoms with Crippen LogP contribution in [0.15, 0.2) is 115 Å². The van der Waals surface area contributed by atoms with E-state index in [-0.39, 0.29) is 0 Å². The number of benzene rings is 6. The Balaban J connectivity index is 1.44. The summed E-state index contributed by atoms with van der Waals surface area (Å²) in [6.45, 7) is 4.39. The van der Waals surface area contributed by atoms with Gasteiger partial charge in [0.1, 0.15) is 0 Å². The fourth-order valence-electron chi connectivity index (χ4n) is 6.45. The average Bonchev–Trinajstić information content (AvgIpc) is 3.35. The zero-order valence-corrected chi connectivity index (χ0v) is 22.5. The van der Waals surface area contributed by atoms with E-state index in [9.17, 15) is 0 Å². The molecule has 190 valence electrons. The molecule has 2 heterocycles. The largest absolute Gasteiger partial charge is 0.278 e. The topological polar surface area (TPSA) is 30.7 Å². The fourth-order valence-corrected chi connectivity index (χ4v) is 6.45. The molecule has 8 rings (SSSR count). The predicted octanol–water partition coefficient (Wildman–Crippen LogP) is 9.57. The molecule has 3 heteroatoms. The van der Waals surface area contributed by atoms with Gasteiger partial charge in [0, 0.05) is 22.5 Å².